The summed E-state index contributed by atoms with van der Waals surface area (Å²) in [5.74, 6) is 1.23. The van der Waals surface area contributed by atoms with Crippen LogP contribution in [0.4, 0.5) is 0 Å². The van der Waals surface area contributed by atoms with Gasteiger partial charge in [0.1, 0.15) is 27.5 Å². The van der Waals surface area contributed by atoms with E-state index >= 15 is 0 Å². The second kappa shape index (κ2) is 8.80. The third-order valence-corrected chi connectivity index (χ3v) is 6.76. The van der Waals surface area contributed by atoms with E-state index in [1.54, 1.807) is 28.4 Å². The summed E-state index contributed by atoms with van der Waals surface area (Å²) in [6.45, 7) is 6.47. The highest BCUT2D eigenvalue weighted by atomic mass is 32.2. The van der Waals surface area contributed by atoms with Gasteiger partial charge in [-0.25, -0.2) is 19.7 Å². The van der Waals surface area contributed by atoms with Crippen molar-refractivity contribution in [2.24, 2.45) is 7.05 Å². The van der Waals surface area contributed by atoms with Gasteiger partial charge in [0.2, 0.25) is 0 Å². The van der Waals surface area contributed by atoms with Crippen LogP contribution in [0.3, 0.4) is 0 Å². The minimum absolute atomic E-state index is 0.0601. The maximum absolute atomic E-state index is 13.0. The van der Waals surface area contributed by atoms with Crippen molar-refractivity contribution in [3.8, 4) is 10.6 Å². The fourth-order valence-electron chi connectivity index (χ4n) is 3.18. The van der Waals surface area contributed by atoms with Gasteiger partial charge in [0, 0.05) is 36.2 Å². The zero-order valence-corrected chi connectivity index (χ0v) is 19.4. The number of hydrogen-bond donors (Lipinski definition) is 0. The number of hydrogen-bond acceptors (Lipinski definition) is 8. The van der Waals surface area contributed by atoms with Gasteiger partial charge in [0.25, 0.3) is 5.56 Å². The molecule has 0 saturated heterocycles. The third-order valence-electron chi connectivity index (χ3n) is 4.81. The molecule has 0 saturated carbocycles. The van der Waals surface area contributed by atoms with E-state index in [9.17, 15) is 9.59 Å². The quantitative estimate of drug-likeness (QED) is 0.305. The van der Waals surface area contributed by atoms with Gasteiger partial charge in [0.15, 0.2) is 5.65 Å². The van der Waals surface area contributed by atoms with Crippen LogP contribution in [0.15, 0.2) is 43.0 Å². The fourth-order valence-corrected chi connectivity index (χ4v) is 5.00. The van der Waals surface area contributed by atoms with Gasteiger partial charge >= 0.3 is 5.69 Å². The Balaban J connectivity index is 1.79. The van der Waals surface area contributed by atoms with Crippen molar-refractivity contribution in [1.82, 2.24) is 24.1 Å². The molecule has 0 aliphatic heterocycles. The maximum Gasteiger partial charge on any atom is 0.332 e. The number of furan rings is 1. The van der Waals surface area contributed by atoms with Crippen LogP contribution in [0.1, 0.15) is 44.6 Å². The Morgan fingerprint density at radius 1 is 1.23 bits per heavy atom. The van der Waals surface area contributed by atoms with E-state index in [0.717, 1.165) is 27.3 Å². The van der Waals surface area contributed by atoms with Gasteiger partial charge in [-0.3, -0.25) is 13.9 Å². The predicted molar refractivity (Wildman–Crippen MR) is 123 cm³/mol. The number of rotatable bonds is 7. The van der Waals surface area contributed by atoms with Crippen molar-refractivity contribution < 1.29 is 4.42 Å². The number of fused-ring (bicyclic) bond motifs is 1. The van der Waals surface area contributed by atoms with Gasteiger partial charge in [0.05, 0.1) is 12.0 Å². The minimum atomic E-state index is -0.373. The molecule has 0 amide bonds. The second-order valence-corrected chi connectivity index (χ2v) is 9.31. The van der Waals surface area contributed by atoms with Gasteiger partial charge in [-0.2, -0.15) is 0 Å². The normalized spacial score (nSPS) is 11.6. The fraction of sp³-hybridized carbons (Fsp3) is 0.381. The highest BCUT2D eigenvalue weighted by Gasteiger charge is 2.20. The molecule has 31 heavy (non-hydrogen) atoms. The van der Waals surface area contributed by atoms with Crippen LogP contribution < -0.4 is 11.2 Å². The summed E-state index contributed by atoms with van der Waals surface area (Å²) in [5.41, 5.74) is 1.51. The first kappa shape index (κ1) is 21.5. The Kier molecular flexibility index (Phi) is 6.10. The van der Waals surface area contributed by atoms with Crippen LogP contribution in [0.5, 0.6) is 0 Å². The van der Waals surface area contributed by atoms with Crippen LogP contribution in [0, 0.1) is 0 Å². The van der Waals surface area contributed by atoms with Gasteiger partial charge < -0.3 is 4.42 Å². The minimum Gasteiger partial charge on any atom is -0.472 e. The number of nitrogens with zero attached hydrogens (tertiary/aromatic N) is 5. The van der Waals surface area contributed by atoms with Crippen LogP contribution in [0.2, 0.25) is 0 Å². The van der Waals surface area contributed by atoms with E-state index in [4.69, 9.17) is 4.42 Å². The Hall–Kier alpha value is -2.72. The van der Waals surface area contributed by atoms with Gasteiger partial charge in [-0.05, 0) is 12.5 Å². The molecule has 0 bridgehead atoms. The summed E-state index contributed by atoms with van der Waals surface area (Å²) in [7, 11) is 1.50. The first-order valence-electron chi connectivity index (χ1n) is 10.0. The molecule has 0 N–H and O–H groups in total. The highest BCUT2D eigenvalue weighted by molar-refractivity contribution is 7.98. The lowest BCUT2D eigenvalue weighted by Gasteiger charge is -2.14. The lowest BCUT2D eigenvalue weighted by molar-refractivity contribution is 0.568. The van der Waals surface area contributed by atoms with E-state index in [1.165, 1.54) is 18.8 Å². The van der Waals surface area contributed by atoms with E-state index < -0.39 is 0 Å². The molecule has 4 rings (SSSR count). The number of aryl methyl sites for hydroxylation is 1. The van der Waals surface area contributed by atoms with E-state index in [2.05, 4.69) is 15.0 Å². The molecular formula is C21H23N5O3S2. The molecule has 0 aliphatic carbocycles. The van der Waals surface area contributed by atoms with Gasteiger partial charge in [-0.1, -0.05) is 32.5 Å². The monoisotopic (exact) mass is 457 g/mol. The summed E-state index contributed by atoms with van der Waals surface area (Å²) >= 11 is 2.98. The molecular weight excluding hydrogens is 434 g/mol. The van der Waals surface area contributed by atoms with E-state index in [1.807, 2.05) is 32.2 Å². The summed E-state index contributed by atoms with van der Waals surface area (Å²) in [4.78, 5) is 39.7. The average Bonchev–Trinajstić information content (AvgIpc) is 3.44. The zero-order chi connectivity index (χ0) is 22.1. The number of aromatic nitrogens is 5. The summed E-state index contributed by atoms with van der Waals surface area (Å²) in [6, 6.07) is 1.87. The van der Waals surface area contributed by atoms with Crippen molar-refractivity contribution in [3.05, 3.63) is 56.3 Å². The first-order chi connectivity index (χ1) is 14.9. The molecule has 0 aliphatic rings. The Morgan fingerprint density at radius 3 is 2.71 bits per heavy atom. The smallest absolute Gasteiger partial charge is 0.332 e. The van der Waals surface area contributed by atoms with Crippen LogP contribution >= 0.6 is 23.1 Å². The lowest BCUT2D eigenvalue weighted by atomic mass is 10.2. The molecule has 0 fully saturated rings. The molecule has 0 aromatic carbocycles. The van der Waals surface area contributed by atoms with Crippen molar-refractivity contribution >= 4 is 34.1 Å². The molecule has 162 valence electrons. The Labute approximate surface area is 187 Å². The van der Waals surface area contributed by atoms with Crippen molar-refractivity contribution in [2.75, 3.05) is 0 Å². The van der Waals surface area contributed by atoms with Crippen LogP contribution in [0.25, 0.3) is 21.6 Å². The number of thiazole rings is 1. The van der Waals surface area contributed by atoms with E-state index in [-0.39, 0.29) is 17.2 Å². The molecule has 8 nitrogen and oxygen atoms in total. The van der Waals surface area contributed by atoms with Crippen molar-refractivity contribution in [3.63, 3.8) is 0 Å². The van der Waals surface area contributed by atoms with Gasteiger partial charge in [-0.15, -0.1) is 11.3 Å². The topological polar surface area (TPSA) is 95.8 Å². The maximum atomic E-state index is 13.0. The van der Waals surface area contributed by atoms with Crippen molar-refractivity contribution in [2.45, 2.75) is 50.4 Å². The van der Waals surface area contributed by atoms with Crippen LogP contribution in [-0.4, -0.2) is 24.1 Å². The van der Waals surface area contributed by atoms with Crippen LogP contribution in [-0.2, 0) is 19.3 Å². The molecule has 4 heterocycles. The summed E-state index contributed by atoms with van der Waals surface area (Å²) in [6.07, 6.45) is 4.04. The lowest BCUT2D eigenvalue weighted by Crippen LogP contribution is -2.39. The molecule has 0 spiro atoms. The van der Waals surface area contributed by atoms with E-state index in [0.29, 0.717) is 34.2 Å². The zero-order valence-electron chi connectivity index (χ0n) is 17.8. The number of thioether (sulfide) groups is 1. The molecule has 10 heteroatoms. The first-order valence-corrected chi connectivity index (χ1v) is 11.9. The Bertz CT molecular complexity index is 1340. The second-order valence-electron chi connectivity index (χ2n) is 7.48. The highest BCUT2D eigenvalue weighted by Crippen LogP contribution is 2.30. The standard InChI is InChI=1S/C21H23N5O3S2/c1-5-7-26-17-15(20(27)25(4)21(26)28)19(24-16(23-17)12(2)3)31-11-14-10-30-18(22-14)13-6-8-29-9-13/h6,8-10,12H,5,7,11H2,1-4H3. The Morgan fingerprint density at radius 2 is 2.03 bits per heavy atom. The van der Waals surface area contributed by atoms with Crippen molar-refractivity contribution in [1.29, 1.82) is 0 Å². The summed E-state index contributed by atoms with van der Waals surface area (Å²) in [5, 5.41) is 3.84. The largest absolute Gasteiger partial charge is 0.472 e. The average molecular weight is 458 g/mol. The molecule has 4 aromatic rings. The molecule has 4 aromatic heterocycles. The molecule has 0 atom stereocenters. The SMILES string of the molecule is CCCn1c(=O)n(C)c(=O)c2c(SCc3csc(-c4ccoc4)n3)nc(C(C)C)nc21. The molecule has 0 radical (unpaired) electrons. The summed E-state index contributed by atoms with van der Waals surface area (Å²) < 4.78 is 7.85. The molecule has 0 unspecified atom stereocenters. The predicted octanol–water partition coefficient (Wildman–Crippen LogP) is 4.03. The third kappa shape index (κ3) is 4.09.